The number of halogens is 1. The highest BCUT2D eigenvalue weighted by Gasteiger charge is 2.17. The van der Waals surface area contributed by atoms with Crippen LogP contribution in [0.5, 0.6) is 0 Å². The van der Waals surface area contributed by atoms with Crippen molar-refractivity contribution < 1.29 is 9.90 Å². The highest BCUT2D eigenvalue weighted by molar-refractivity contribution is 9.10. The molecule has 2 unspecified atom stereocenters. The lowest BCUT2D eigenvalue weighted by Gasteiger charge is -2.19. The standard InChI is InChI=1S/C14H20BrNO2/c1-3-13(8-9-17)16-14(18)10(2)11-4-6-12(15)7-5-11/h4-7,10,13,17H,3,8-9H2,1-2H3,(H,16,18). The minimum absolute atomic E-state index is 0.0117. The Morgan fingerprint density at radius 2 is 2.00 bits per heavy atom. The van der Waals surface area contributed by atoms with Crippen LogP contribution in [0.1, 0.15) is 38.2 Å². The highest BCUT2D eigenvalue weighted by Crippen LogP contribution is 2.19. The Morgan fingerprint density at radius 3 is 2.50 bits per heavy atom. The molecule has 2 N–H and O–H groups in total. The van der Waals surface area contributed by atoms with Gasteiger partial charge in [-0.1, -0.05) is 35.0 Å². The van der Waals surface area contributed by atoms with E-state index in [1.165, 1.54) is 0 Å². The van der Waals surface area contributed by atoms with Crippen molar-refractivity contribution in [2.75, 3.05) is 6.61 Å². The van der Waals surface area contributed by atoms with E-state index >= 15 is 0 Å². The summed E-state index contributed by atoms with van der Waals surface area (Å²) in [6.07, 6.45) is 1.44. The smallest absolute Gasteiger partial charge is 0.227 e. The lowest BCUT2D eigenvalue weighted by molar-refractivity contribution is -0.123. The summed E-state index contributed by atoms with van der Waals surface area (Å²) in [6.45, 7) is 4.00. The lowest BCUT2D eigenvalue weighted by atomic mass is 9.99. The molecule has 3 nitrogen and oxygen atoms in total. The van der Waals surface area contributed by atoms with Crippen molar-refractivity contribution in [3.8, 4) is 0 Å². The van der Waals surface area contributed by atoms with Gasteiger partial charge in [-0.3, -0.25) is 4.79 Å². The second kappa shape index (κ2) is 7.54. The van der Waals surface area contributed by atoms with E-state index < -0.39 is 0 Å². The first-order valence-electron chi connectivity index (χ1n) is 6.25. The van der Waals surface area contributed by atoms with E-state index in [-0.39, 0.29) is 24.5 Å². The second-order valence-electron chi connectivity index (χ2n) is 4.40. The Balaban J connectivity index is 2.63. The number of carbonyl (C=O) groups is 1. The van der Waals surface area contributed by atoms with E-state index in [1.54, 1.807) is 0 Å². The Kier molecular flexibility index (Phi) is 6.36. The van der Waals surface area contributed by atoms with E-state index in [0.29, 0.717) is 6.42 Å². The van der Waals surface area contributed by atoms with Gasteiger partial charge in [0.05, 0.1) is 5.92 Å². The summed E-state index contributed by atoms with van der Waals surface area (Å²) in [6, 6.07) is 7.82. The first-order valence-corrected chi connectivity index (χ1v) is 7.04. The van der Waals surface area contributed by atoms with Crippen molar-refractivity contribution in [1.29, 1.82) is 0 Å². The molecule has 18 heavy (non-hydrogen) atoms. The van der Waals surface area contributed by atoms with Crippen LogP contribution in [0.15, 0.2) is 28.7 Å². The molecule has 0 saturated carbocycles. The molecule has 100 valence electrons. The predicted molar refractivity (Wildman–Crippen MR) is 76.5 cm³/mol. The fourth-order valence-corrected chi connectivity index (χ4v) is 2.03. The van der Waals surface area contributed by atoms with Crippen molar-refractivity contribution in [2.24, 2.45) is 0 Å². The number of amides is 1. The van der Waals surface area contributed by atoms with Gasteiger partial charge >= 0.3 is 0 Å². The maximum absolute atomic E-state index is 12.1. The van der Waals surface area contributed by atoms with Crippen LogP contribution in [0.25, 0.3) is 0 Å². The monoisotopic (exact) mass is 313 g/mol. The molecule has 0 aromatic heterocycles. The Morgan fingerprint density at radius 1 is 1.39 bits per heavy atom. The van der Waals surface area contributed by atoms with Gasteiger partial charge in [-0.25, -0.2) is 0 Å². The molecule has 0 fully saturated rings. The molecule has 0 aliphatic heterocycles. The summed E-state index contributed by atoms with van der Waals surface area (Å²) in [7, 11) is 0. The Labute approximate surface area is 117 Å². The molecular weight excluding hydrogens is 294 g/mol. The molecule has 1 amide bonds. The normalized spacial score (nSPS) is 14.0. The molecule has 0 heterocycles. The van der Waals surface area contributed by atoms with Gasteiger partial charge in [-0.05, 0) is 37.5 Å². The highest BCUT2D eigenvalue weighted by atomic mass is 79.9. The molecule has 1 aromatic rings. The Hall–Kier alpha value is -0.870. The van der Waals surface area contributed by atoms with E-state index in [4.69, 9.17) is 5.11 Å². The van der Waals surface area contributed by atoms with Crippen LogP contribution >= 0.6 is 15.9 Å². The Bertz CT molecular complexity index is 378. The lowest BCUT2D eigenvalue weighted by Crippen LogP contribution is -2.37. The van der Waals surface area contributed by atoms with Crippen molar-refractivity contribution >= 4 is 21.8 Å². The minimum Gasteiger partial charge on any atom is -0.396 e. The molecule has 4 heteroatoms. The number of hydrogen-bond acceptors (Lipinski definition) is 2. The molecule has 0 radical (unpaired) electrons. The summed E-state index contributed by atoms with van der Waals surface area (Å²) < 4.78 is 1.01. The number of benzene rings is 1. The largest absolute Gasteiger partial charge is 0.396 e. The molecule has 0 bridgehead atoms. The molecule has 0 aliphatic rings. The number of hydrogen-bond donors (Lipinski definition) is 2. The van der Waals surface area contributed by atoms with Crippen molar-refractivity contribution in [2.45, 2.75) is 38.6 Å². The van der Waals surface area contributed by atoms with Crippen LogP contribution in [0.2, 0.25) is 0 Å². The first kappa shape index (κ1) is 15.2. The number of carbonyl (C=O) groups excluding carboxylic acids is 1. The van der Waals surface area contributed by atoms with Crippen LogP contribution < -0.4 is 5.32 Å². The number of rotatable bonds is 6. The van der Waals surface area contributed by atoms with Crippen molar-refractivity contribution in [3.05, 3.63) is 34.3 Å². The van der Waals surface area contributed by atoms with E-state index in [9.17, 15) is 4.79 Å². The van der Waals surface area contributed by atoms with Gasteiger partial charge in [0.25, 0.3) is 0 Å². The van der Waals surface area contributed by atoms with Crippen LogP contribution in [-0.4, -0.2) is 23.7 Å². The molecule has 1 rings (SSSR count). The van der Waals surface area contributed by atoms with Gasteiger partial charge < -0.3 is 10.4 Å². The first-order chi connectivity index (χ1) is 8.58. The third-order valence-corrected chi connectivity index (χ3v) is 3.61. The molecule has 0 aliphatic carbocycles. The SMILES string of the molecule is CCC(CCO)NC(=O)C(C)c1ccc(Br)cc1. The van der Waals surface area contributed by atoms with Crippen LogP contribution in [0.3, 0.4) is 0 Å². The fraction of sp³-hybridized carbons (Fsp3) is 0.500. The maximum Gasteiger partial charge on any atom is 0.227 e. The second-order valence-corrected chi connectivity index (χ2v) is 5.31. The van der Waals surface area contributed by atoms with Gasteiger partial charge in [0.15, 0.2) is 0 Å². The van der Waals surface area contributed by atoms with Gasteiger partial charge in [-0.2, -0.15) is 0 Å². The van der Waals surface area contributed by atoms with Gasteiger partial charge in [0, 0.05) is 17.1 Å². The summed E-state index contributed by atoms with van der Waals surface area (Å²) >= 11 is 3.38. The quantitative estimate of drug-likeness (QED) is 0.848. The maximum atomic E-state index is 12.1. The number of aliphatic hydroxyl groups excluding tert-OH is 1. The zero-order valence-corrected chi connectivity index (χ0v) is 12.4. The van der Waals surface area contributed by atoms with E-state index in [1.807, 2.05) is 38.1 Å². The molecule has 0 spiro atoms. The summed E-state index contributed by atoms with van der Waals surface area (Å²) in [5.74, 6) is -0.163. The zero-order chi connectivity index (χ0) is 13.5. The molecule has 2 atom stereocenters. The van der Waals surface area contributed by atoms with E-state index in [2.05, 4.69) is 21.2 Å². The fourth-order valence-electron chi connectivity index (χ4n) is 1.76. The summed E-state index contributed by atoms with van der Waals surface area (Å²) in [5, 5.41) is 11.9. The van der Waals surface area contributed by atoms with Crippen LogP contribution in [-0.2, 0) is 4.79 Å². The predicted octanol–water partition coefficient (Wildman–Crippen LogP) is 2.83. The third kappa shape index (κ3) is 4.42. The molecular formula is C14H20BrNO2. The van der Waals surface area contributed by atoms with Gasteiger partial charge in [0.2, 0.25) is 5.91 Å². The number of aliphatic hydroxyl groups is 1. The molecule has 0 saturated heterocycles. The van der Waals surface area contributed by atoms with Crippen LogP contribution in [0.4, 0.5) is 0 Å². The zero-order valence-electron chi connectivity index (χ0n) is 10.8. The molecule has 1 aromatic carbocycles. The minimum atomic E-state index is -0.175. The number of nitrogens with one attached hydrogen (secondary N) is 1. The summed E-state index contributed by atoms with van der Waals surface area (Å²) in [5.41, 5.74) is 0.995. The van der Waals surface area contributed by atoms with Crippen LogP contribution in [0, 0.1) is 0 Å². The summed E-state index contributed by atoms with van der Waals surface area (Å²) in [4.78, 5) is 12.1. The average molecular weight is 314 g/mol. The third-order valence-electron chi connectivity index (χ3n) is 3.08. The van der Waals surface area contributed by atoms with Gasteiger partial charge in [-0.15, -0.1) is 0 Å². The van der Waals surface area contributed by atoms with Gasteiger partial charge in [0.1, 0.15) is 0 Å². The topological polar surface area (TPSA) is 49.3 Å². The van der Waals surface area contributed by atoms with Crippen molar-refractivity contribution in [3.63, 3.8) is 0 Å². The average Bonchev–Trinajstić information content (AvgIpc) is 2.38. The van der Waals surface area contributed by atoms with E-state index in [0.717, 1.165) is 16.5 Å². The van der Waals surface area contributed by atoms with Crippen molar-refractivity contribution in [1.82, 2.24) is 5.32 Å².